The maximum atomic E-state index is 12.5. The minimum absolute atomic E-state index is 0.00650. The van der Waals surface area contributed by atoms with E-state index in [1.807, 2.05) is 4.57 Å². The minimum Gasteiger partial charge on any atom is -0.349 e. The molecule has 0 aliphatic heterocycles. The molecule has 0 bridgehead atoms. The highest BCUT2D eigenvalue weighted by Gasteiger charge is 2.15. The number of carbonyl (C=O) groups excluding carboxylic acids is 1. The first-order valence-electron chi connectivity index (χ1n) is 10.1. The van der Waals surface area contributed by atoms with Crippen molar-refractivity contribution in [2.75, 3.05) is 5.75 Å². The number of carbonyl (C=O) groups is 1. The van der Waals surface area contributed by atoms with Crippen molar-refractivity contribution in [3.63, 3.8) is 0 Å². The number of thiophene rings is 1. The van der Waals surface area contributed by atoms with Crippen LogP contribution in [-0.2, 0) is 30.6 Å². The second kappa shape index (κ2) is 9.59. The Balaban J connectivity index is 1.28. The Hall–Kier alpha value is -2.12. The second-order valence-corrected chi connectivity index (χ2v) is 9.42. The normalized spacial score (nSPS) is 14.4. The highest BCUT2D eigenvalue weighted by atomic mass is 32.2. The summed E-state index contributed by atoms with van der Waals surface area (Å²) in [6.45, 7) is 2.87. The summed E-state index contributed by atoms with van der Waals surface area (Å²) < 4.78 is 2.02. The van der Waals surface area contributed by atoms with Gasteiger partial charge < -0.3 is 9.88 Å². The molecule has 3 aromatic rings. The predicted molar refractivity (Wildman–Crippen MR) is 118 cm³/mol. The molecule has 0 unspecified atom stereocenters. The number of thioether (sulfide) groups is 1. The number of amides is 1. The fraction of sp³-hybridized carbons (Fsp3) is 0.409. The van der Waals surface area contributed by atoms with E-state index in [2.05, 4.69) is 58.1 Å². The number of fused-ring (bicyclic) bond motifs is 1. The van der Waals surface area contributed by atoms with Gasteiger partial charge in [0.25, 0.3) is 0 Å². The molecule has 7 heteroatoms. The van der Waals surface area contributed by atoms with Crippen molar-refractivity contribution in [1.29, 1.82) is 0 Å². The third-order valence-corrected chi connectivity index (χ3v) is 7.26. The molecule has 1 amide bonds. The number of hydrogen-bond donors (Lipinski definition) is 1. The number of benzene rings is 1. The number of rotatable bonds is 8. The van der Waals surface area contributed by atoms with Crippen LogP contribution in [0.2, 0.25) is 0 Å². The van der Waals surface area contributed by atoms with Crippen LogP contribution in [0.4, 0.5) is 0 Å². The van der Waals surface area contributed by atoms with E-state index < -0.39 is 0 Å². The van der Waals surface area contributed by atoms with E-state index in [4.69, 9.17) is 0 Å². The summed E-state index contributed by atoms with van der Waals surface area (Å²) in [6, 6.07) is 10.9. The van der Waals surface area contributed by atoms with E-state index in [0.29, 0.717) is 5.75 Å². The van der Waals surface area contributed by atoms with E-state index in [9.17, 15) is 4.79 Å². The SMILES string of the molecule is C[C@H](NC(=O)CSc1nncn1CCc1cccs1)c1ccc2c(c1)CCCC2. The topological polar surface area (TPSA) is 59.8 Å². The summed E-state index contributed by atoms with van der Waals surface area (Å²) in [5.74, 6) is 0.362. The Morgan fingerprint density at radius 2 is 2.14 bits per heavy atom. The molecule has 0 spiro atoms. The Bertz CT molecular complexity index is 952. The van der Waals surface area contributed by atoms with Gasteiger partial charge in [-0.3, -0.25) is 4.79 Å². The number of aryl methyl sites for hydroxylation is 4. The van der Waals surface area contributed by atoms with Crippen molar-refractivity contribution in [2.45, 2.75) is 56.8 Å². The third kappa shape index (κ3) is 5.28. The number of aromatic nitrogens is 3. The van der Waals surface area contributed by atoms with Gasteiger partial charge in [-0.1, -0.05) is 36.0 Å². The Labute approximate surface area is 179 Å². The van der Waals surface area contributed by atoms with E-state index >= 15 is 0 Å². The maximum Gasteiger partial charge on any atom is 0.230 e. The van der Waals surface area contributed by atoms with Gasteiger partial charge >= 0.3 is 0 Å². The molecule has 1 aliphatic rings. The maximum absolute atomic E-state index is 12.5. The van der Waals surface area contributed by atoms with Gasteiger partial charge in [-0.2, -0.15) is 0 Å². The monoisotopic (exact) mass is 426 g/mol. The van der Waals surface area contributed by atoms with Crippen molar-refractivity contribution < 1.29 is 4.79 Å². The lowest BCUT2D eigenvalue weighted by atomic mass is 9.89. The average Bonchev–Trinajstić information content (AvgIpc) is 3.42. The second-order valence-electron chi connectivity index (χ2n) is 7.45. The molecule has 2 aromatic heterocycles. The summed E-state index contributed by atoms with van der Waals surface area (Å²) in [7, 11) is 0. The van der Waals surface area contributed by atoms with Crippen molar-refractivity contribution in [2.24, 2.45) is 0 Å². The molecule has 1 N–H and O–H groups in total. The first kappa shape index (κ1) is 20.2. The van der Waals surface area contributed by atoms with Gasteiger partial charge in [0.2, 0.25) is 5.91 Å². The molecule has 4 rings (SSSR count). The number of nitrogens with one attached hydrogen (secondary N) is 1. The molecular formula is C22H26N4OS2. The summed E-state index contributed by atoms with van der Waals surface area (Å²) in [4.78, 5) is 13.8. The Morgan fingerprint density at radius 3 is 2.97 bits per heavy atom. The zero-order valence-electron chi connectivity index (χ0n) is 16.6. The van der Waals surface area contributed by atoms with Gasteiger partial charge in [0.1, 0.15) is 6.33 Å². The van der Waals surface area contributed by atoms with Crippen LogP contribution >= 0.6 is 23.1 Å². The van der Waals surface area contributed by atoms with E-state index in [0.717, 1.165) is 24.5 Å². The summed E-state index contributed by atoms with van der Waals surface area (Å²) >= 11 is 3.20. The van der Waals surface area contributed by atoms with Gasteiger partial charge in [-0.05, 0) is 67.2 Å². The highest BCUT2D eigenvalue weighted by Crippen LogP contribution is 2.25. The summed E-state index contributed by atoms with van der Waals surface area (Å²) in [6.07, 6.45) is 7.57. The molecule has 5 nitrogen and oxygen atoms in total. The first-order valence-corrected chi connectivity index (χ1v) is 12.0. The summed E-state index contributed by atoms with van der Waals surface area (Å²) in [5, 5.41) is 14.2. The lowest BCUT2D eigenvalue weighted by molar-refractivity contribution is -0.119. The zero-order valence-corrected chi connectivity index (χ0v) is 18.3. The van der Waals surface area contributed by atoms with Gasteiger partial charge in [0.15, 0.2) is 5.16 Å². The van der Waals surface area contributed by atoms with Crippen LogP contribution in [0.25, 0.3) is 0 Å². The van der Waals surface area contributed by atoms with Crippen LogP contribution in [0.5, 0.6) is 0 Å². The van der Waals surface area contributed by atoms with Crippen molar-refractivity contribution in [1.82, 2.24) is 20.1 Å². The molecule has 0 saturated carbocycles. The van der Waals surface area contributed by atoms with Crippen molar-refractivity contribution in [3.05, 3.63) is 63.6 Å². The van der Waals surface area contributed by atoms with Crippen molar-refractivity contribution >= 4 is 29.0 Å². The standard InChI is InChI=1S/C22H26N4OS2/c1-16(18-9-8-17-5-2-3-6-19(17)13-18)24-21(27)14-29-22-25-23-15-26(22)11-10-20-7-4-12-28-20/h4,7-9,12-13,15-16H,2-3,5-6,10-11,14H2,1H3,(H,24,27)/t16-/m0/s1. The molecule has 0 radical (unpaired) electrons. The lowest BCUT2D eigenvalue weighted by Gasteiger charge is -2.20. The number of hydrogen-bond acceptors (Lipinski definition) is 5. The fourth-order valence-corrected chi connectivity index (χ4v) is 5.17. The van der Waals surface area contributed by atoms with E-state index in [-0.39, 0.29) is 11.9 Å². The Morgan fingerprint density at radius 1 is 1.28 bits per heavy atom. The largest absolute Gasteiger partial charge is 0.349 e. The smallest absolute Gasteiger partial charge is 0.230 e. The van der Waals surface area contributed by atoms with Crippen LogP contribution in [0.1, 0.15) is 47.4 Å². The fourth-order valence-electron chi connectivity index (χ4n) is 3.71. The molecule has 29 heavy (non-hydrogen) atoms. The molecule has 2 heterocycles. The average molecular weight is 427 g/mol. The first-order chi connectivity index (χ1) is 14.2. The molecule has 152 valence electrons. The van der Waals surface area contributed by atoms with Crippen LogP contribution in [0.3, 0.4) is 0 Å². The van der Waals surface area contributed by atoms with Crippen LogP contribution in [0, 0.1) is 0 Å². The van der Waals surface area contributed by atoms with Crippen LogP contribution < -0.4 is 5.32 Å². The quantitative estimate of drug-likeness (QED) is 0.541. The zero-order chi connectivity index (χ0) is 20.1. The molecule has 1 atom stereocenters. The van der Waals surface area contributed by atoms with Gasteiger partial charge in [0, 0.05) is 11.4 Å². The van der Waals surface area contributed by atoms with Gasteiger partial charge in [-0.15, -0.1) is 21.5 Å². The molecular weight excluding hydrogens is 400 g/mol. The molecule has 1 aliphatic carbocycles. The van der Waals surface area contributed by atoms with Crippen LogP contribution in [0.15, 0.2) is 47.2 Å². The minimum atomic E-state index is 0.00650. The van der Waals surface area contributed by atoms with E-state index in [1.165, 1.54) is 52.6 Å². The molecule has 0 saturated heterocycles. The predicted octanol–water partition coefficient (Wildman–Crippen LogP) is 4.43. The number of nitrogens with zero attached hydrogens (tertiary/aromatic N) is 3. The lowest BCUT2D eigenvalue weighted by Crippen LogP contribution is -2.28. The molecule has 0 fully saturated rings. The van der Waals surface area contributed by atoms with Crippen LogP contribution in [-0.4, -0.2) is 26.4 Å². The van der Waals surface area contributed by atoms with E-state index in [1.54, 1.807) is 17.7 Å². The Kier molecular flexibility index (Phi) is 6.67. The van der Waals surface area contributed by atoms with Gasteiger partial charge in [-0.25, -0.2) is 0 Å². The van der Waals surface area contributed by atoms with Gasteiger partial charge in [0.05, 0.1) is 11.8 Å². The summed E-state index contributed by atoms with van der Waals surface area (Å²) in [5.41, 5.74) is 4.10. The van der Waals surface area contributed by atoms with Crippen molar-refractivity contribution in [3.8, 4) is 0 Å². The highest BCUT2D eigenvalue weighted by molar-refractivity contribution is 7.99. The third-order valence-electron chi connectivity index (χ3n) is 5.34. The molecule has 1 aromatic carbocycles.